The Bertz CT molecular complexity index is 340. The number of nitrogens with zero attached hydrogens (tertiary/aromatic N) is 1. The highest BCUT2D eigenvalue weighted by atomic mass is 32.1. The summed E-state index contributed by atoms with van der Waals surface area (Å²) in [5.74, 6) is -0.696. The van der Waals surface area contributed by atoms with E-state index < -0.39 is 0 Å². The van der Waals surface area contributed by atoms with Gasteiger partial charge in [0.25, 0.3) is 11.8 Å². The molecule has 0 aliphatic carbocycles. The number of benzene rings is 1. The molecule has 0 N–H and O–H groups in total. The van der Waals surface area contributed by atoms with Crippen LogP contribution in [0.2, 0.25) is 0 Å². The van der Waals surface area contributed by atoms with Gasteiger partial charge < -0.3 is 0 Å². The van der Waals surface area contributed by atoms with E-state index in [1.54, 1.807) is 24.3 Å². The normalized spacial score (nSPS) is 15.2. The number of carbonyl (C=O) groups is 2. The van der Waals surface area contributed by atoms with E-state index in [1.807, 2.05) is 0 Å². The van der Waals surface area contributed by atoms with Gasteiger partial charge in [0.2, 0.25) is 0 Å². The number of carbonyl (C=O) groups excluding carboxylic acids is 2. The molecule has 2 rings (SSSR count). The van der Waals surface area contributed by atoms with Gasteiger partial charge >= 0.3 is 0 Å². The number of imide groups is 1. The molecule has 1 aliphatic rings. The van der Waals surface area contributed by atoms with Crippen LogP contribution < -0.4 is 0 Å². The van der Waals surface area contributed by atoms with Gasteiger partial charge in [0, 0.05) is 0 Å². The van der Waals surface area contributed by atoms with E-state index in [0.29, 0.717) is 11.1 Å². The third-order valence-electron chi connectivity index (χ3n) is 1.77. The van der Waals surface area contributed by atoms with Crippen LogP contribution in [0.4, 0.5) is 0 Å². The summed E-state index contributed by atoms with van der Waals surface area (Å²) >= 11 is 3.76. The first kappa shape index (κ1) is 7.36. The Balaban J connectivity index is 2.67. The lowest BCUT2D eigenvalue weighted by atomic mass is 10.1. The van der Waals surface area contributed by atoms with Gasteiger partial charge in [-0.25, -0.2) is 4.31 Å². The molecule has 0 unspecified atom stereocenters. The lowest BCUT2D eigenvalue weighted by Gasteiger charge is -2.00. The van der Waals surface area contributed by atoms with Crippen molar-refractivity contribution in [3.63, 3.8) is 0 Å². The fourth-order valence-electron chi connectivity index (χ4n) is 1.18. The summed E-state index contributed by atoms with van der Waals surface area (Å²) in [5.41, 5.74) is 0.856. The highest BCUT2D eigenvalue weighted by Crippen LogP contribution is 2.23. The maximum absolute atomic E-state index is 11.2. The molecular weight excluding hydrogens is 174 g/mol. The van der Waals surface area contributed by atoms with Crippen LogP contribution in [-0.2, 0) is 0 Å². The quantitative estimate of drug-likeness (QED) is 0.479. The Morgan fingerprint density at radius 3 is 1.83 bits per heavy atom. The van der Waals surface area contributed by atoms with Crippen molar-refractivity contribution in [2.24, 2.45) is 0 Å². The monoisotopic (exact) mass is 179 g/mol. The summed E-state index contributed by atoms with van der Waals surface area (Å²) < 4.78 is 0.824. The van der Waals surface area contributed by atoms with Crippen molar-refractivity contribution in [1.82, 2.24) is 4.31 Å². The van der Waals surface area contributed by atoms with E-state index in [2.05, 4.69) is 12.8 Å². The molecule has 0 aromatic heterocycles. The topological polar surface area (TPSA) is 37.4 Å². The Labute approximate surface area is 74.5 Å². The Morgan fingerprint density at radius 1 is 1.00 bits per heavy atom. The van der Waals surface area contributed by atoms with Crippen molar-refractivity contribution in [3.8, 4) is 0 Å². The zero-order valence-corrected chi connectivity index (χ0v) is 6.91. The molecule has 60 valence electrons. The van der Waals surface area contributed by atoms with Gasteiger partial charge in [-0.05, 0) is 12.1 Å². The van der Waals surface area contributed by atoms with Crippen LogP contribution in [0.25, 0.3) is 0 Å². The van der Waals surface area contributed by atoms with Crippen molar-refractivity contribution in [2.45, 2.75) is 0 Å². The van der Waals surface area contributed by atoms with Gasteiger partial charge in [0.15, 0.2) is 0 Å². The summed E-state index contributed by atoms with van der Waals surface area (Å²) in [6.45, 7) is 0. The van der Waals surface area contributed by atoms with E-state index in [9.17, 15) is 9.59 Å². The number of thiol groups is 1. The third-order valence-corrected chi connectivity index (χ3v) is 2.14. The fourth-order valence-corrected chi connectivity index (χ4v) is 1.39. The second-order valence-electron chi connectivity index (χ2n) is 2.47. The van der Waals surface area contributed by atoms with Crippen LogP contribution in [0.5, 0.6) is 0 Å². The maximum Gasteiger partial charge on any atom is 0.271 e. The highest BCUT2D eigenvalue weighted by Gasteiger charge is 2.32. The molecule has 0 radical (unpaired) electrons. The molecule has 4 heteroatoms. The maximum atomic E-state index is 11.2. The standard InChI is InChI=1S/C8H5NO2S/c10-7-5-3-1-2-4-6(5)8(11)9(7)12/h1-4,12H. The summed E-state index contributed by atoms with van der Waals surface area (Å²) in [5, 5.41) is 0. The second kappa shape index (κ2) is 2.35. The summed E-state index contributed by atoms with van der Waals surface area (Å²) in [7, 11) is 0. The van der Waals surface area contributed by atoms with Crippen molar-refractivity contribution in [2.75, 3.05) is 0 Å². The summed E-state index contributed by atoms with van der Waals surface area (Å²) in [6, 6.07) is 6.67. The number of hydrogen-bond acceptors (Lipinski definition) is 3. The fraction of sp³-hybridized carbons (Fsp3) is 0. The lowest BCUT2D eigenvalue weighted by molar-refractivity contribution is 0.0779. The van der Waals surface area contributed by atoms with Gasteiger partial charge in [-0.2, -0.15) is 0 Å². The lowest BCUT2D eigenvalue weighted by Crippen LogP contribution is -2.18. The molecule has 0 saturated heterocycles. The van der Waals surface area contributed by atoms with E-state index in [-0.39, 0.29) is 11.8 Å². The Kier molecular flexibility index (Phi) is 1.44. The van der Waals surface area contributed by atoms with Crippen molar-refractivity contribution < 1.29 is 9.59 Å². The predicted molar refractivity (Wildman–Crippen MR) is 45.9 cm³/mol. The smallest absolute Gasteiger partial charge is 0.268 e. The number of hydrogen-bond donors (Lipinski definition) is 1. The van der Waals surface area contributed by atoms with Gasteiger partial charge in [-0.3, -0.25) is 9.59 Å². The van der Waals surface area contributed by atoms with E-state index >= 15 is 0 Å². The van der Waals surface area contributed by atoms with E-state index in [4.69, 9.17) is 0 Å². The van der Waals surface area contributed by atoms with Crippen LogP contribution >= 0.6 is 12.8 Å². The number of rotatable bonds is 0. The van der Waals surface area contributed by atoms with Crippen molar-refractivity contribution in [1.29, 1.82) is 0 Å². The minimum atomic E-state index is -0.348. The average Bonchev–Trinajstić information content (AvgIpc) is 2.33. The molecule has 1 aromatic rings. The minimum Gasteiger partial charge on any atom is -0.268 e. The van der Waals surface area contributed by atoms with Gasteiger partial charge in [0.05, 0.1) is 11.1 Å². The number of amides is 2. The molecule has 0 atom stereocenters. The van der Waals surface area contributed by atoms with Crippen LogP contribution in [0.1, 0.15) is 20.7 Å². The summed E-state index contributed by atoms with van der Waals surface area (Å²) in [4.78, 5) is 22.5. The predicted octanol–water partition coefficient (Wildman–Crippen LogP) is 1.13. The molecule has 1 aliphatic heterocycles. The first-order valence-electron chi connectivity index (χ1n) is 3.38. The van der Waals surface area contributed by atoms with Gasteiger partial charge in [-0.15, -0.1) is 0 Å². The second-order valence-corrected chi connectivity index (χ2v) is 2.87. The molecule has 0 fully saturated rings. The largest absolute Gasteiger partial charge is 0.271 e. The zero-order valence-electron chi connectivity index (χ0n) is 6.02. The van der Waals surface area contributed by atoms with Gasteiger partial charge in [-0.1, -0.05) is 24.9 Å². The van der Waals surface area contributed by atoms with Gasteiger partial charge in [0.1, 0.15) is 0 Å². The SMILES string of the molecule is O=C1c2ccccc2C(=O)N1S. The highest BCUT2D eigenvalue weighted by molar-refractivity contribution is 7.79. The molecule has 12 heavy (non-hydrogen) atoms. The molecule has 0 bridgehead atoms. The average molecular weight is 179 g/mol. The Hall–Kier alpha value is -1.29. The first-order chi connectivity index (χ1) is 5.72. The Morgan fingerprint density at radius 2 is 1.42 bits per heavy atom. The van der Waals surface area contributed by atoms with Crippen molar-refractivity contribution >= 4 is 24.6 Å². The van der Waals surface area contributed by atoms with Crippen LogP contribution in [0.15, 0.2) is 24.3 Å². The number of fused-ring (bicyclic) bond motifs is 1. The molecule has 1 aromatic carbocycles. The molecule has 1 heterocycles. The molecule has 0 spiro atoms. The van der Waals surface area contributed by atoms with E-state index in [1.165, 1.54) is 0 Å². The minimum absolute atomic E-state index is 0.348. The van der Waals surface area contributed by atoms with Crippen LogP contribution in [0.3, 0.4) is 0 Å². The van der Waals surface area contributed by atoms with Crippen LogP contribution in [-0.4, -0.2) is 16.1 Å². The van der Waals surface area contributed by atoms with Crippen LogP contribution in [0, 0.1) is 0 Å². The first-order valence-corrected chi connectivity index (χ1v) is 3.78. The van der Waals surface area contributed by atoms with E-state index in [0.717, 1.165) is 4.31 Å². The molecule has 3 nitrogen and oxygen atoms in total. The molecule has 2 amide bonds. The molecule has 0 saturated carbocycles. The van der Waals surface area contributed by atoms with Crippen molar-refractivity contribution in [3.05, 3.63) is 35.4 Å². The molecular formula is C8H5NO2S. The third kappa shape index (κ3) is 0.783. The zero-order chi connectivity index (χ0) is 8.72. The summed E-state index contributed by atoms with van der Waals surface area (Å²) in [6.07, 6.45) is 0.